The second kappa shape index (κ2) is 34.2. The van der Waals surface area contributed by atoms with E-state index in [1.807, 2.05) is 98.9 Å². The van der Waals surface area contributed by atoms with Crippen molar-refractivity contribution < 1.29 is 116 Å². The van der Waals surface area contributed by atoms with Gasteiger partial charge in [0.2, 0.25) is 35.4 Å². The second-order valence-corrected chi connectivity index (χ2v) is 25.2. The van der Waals surface area contributed by atoms with Crippen molar-refractivity contribution >= 4 is 59.3 Å². The van der Waals surface area contributed by atoms with Crippen molar-refractivity contribution in [2.45, 2.75) is 75.9 Å². The number of aromatic nitrogens is 4. The number of aliphatic carboxylic acids is 1. The van der Waals surface area contributed by atoms with E-state index in [9.17, 15) is 47.9 Å². The summed E-state index contributed by atoms with van der Waals surface area (Å²) in [4.78, 5) is 139. The first-order valence-corrected chi connectivity index (χ1v) is 33.5. The Morgan fingerprint density at radius 1 is 0.437 bits per heavy atom. The Kier molecular flexibility index (Phi) is 24.9. The summed E-state index contributed by atoms with van der Waals surface area (Å²) >= 11 is 0. The van der Waals surface area contributed by atoms with Gasteiger partial charge in [-0.2, -0.15) is 0 Å². The predicted molar refractivity (Wildman–Crippen MR) is 350 cm³/mol. The topological polar surface area (TPSA) is 431 Å². The minimum atomic E-state index is -1.08. The third-order valence-electron chi connectivity index (χ3n) is 18.6. The van der Waals surface area contributed by atoms with Crippen molar-refractivity contribution in [2.75, 3.05) is 85.8 Å². The molecule has 16 atom stereocenters. The molecular weight excluding hydrogens is 1350 g/mol. The summed E-state index contributed by atoms with van der Waals surface area (Å²) in [5.41, 5.74) is 11.8. The number of rotatable bonds is 23. The first-order chi connectivity index (χ1) is 49.8. The molecule has 6 amide bonds. The number of ether oxygens (including phenoxy) is 10. The lowest BCUT2D eigenvalue weighted by Crippen LogP contribution is -2.37. The summed E-state index contributed by atoms with van der Waals surface area (Å²) < 4.78 is 51.6. The third-order valence-corrected chi connectivity index (χ3v) is 18.6. The van der Waals surface area contributed by atoms with Crippen LogP contribution in [0, 0.1) is 61.2 Å². The predicted octanol–water partition coefficient (Wildman–Crippen LogP) is -0.0949. The molecule has 0 aliphatic carbocycles. The smallest absolute Gasteiger partial charge is 0.332 e. The molecule has 103 heavy (non-hydrogen) atoms. The SMILES string of the molecule is Cc1ccnc(-c2cc(CO)ccn2)c1.Cc1ccnc(-c2cc(COC(=O)COCCN3C(=O)C4C5C=CC(O5)C4C3=O)ccn2)c1.NCOCCO.O=C(O)COCCN1C(=O)C2C3C=CC(O3)C2C1=O.O=C1C2C3C=CC(O3)C2C(=O)N1CCOCCO.O=C1OC(=O)C2C3C=CC(O3)C12. The molecule has 0 radical (unpaired) electrons. The van der Waals surface area contributed by atoms with Gasteiger partial charge in [-0.05, 0) is 84.6 Å². The van der Waals surface area contributed by atoms with Crippen LogP contribution in [0.2, 0.25) is 0 Å². The summed E-state index contributed by atoms with van der Waals surface area (Å²) in [5, 5.41) is 34.0. The van der Waals surface area contributed by atoms with Gasteiger partial charge in [-0.3, -0.25) is 73.0 Å². The van der Waals surface area contributed by atoms with Crippen molar-refractivity contribution in [1.82, 2.24) is 34.6 Å². The fourth-order valence-electron chi connectivity index (χ4n) is 13.9. The molecule has 16 heterocycles. The Labute approximate surface area is 589 Å². The van der Waals surface area contributed by atoms with E-state index in [0.29, 0.717) is 12.3 Å². The molecule has 32 heteroatoms. The highest BCUT2D eigenvalue weighted by Crippen LogP contribution is 2.48. The first kappa shape index (κ1) is 74.8. The average molecular weight is 1430 g/mol. The van der Waals surface area contributed by atoms with E-state index in [1.165, 1.54) is 9.80 Å². The Balaban J connectivity index is 0.000000132. The minimum absolute atomic E-state index is 0.0291. The zero-order valence-electron chi connectivity index (χ0n) is 56.1. The fraction of sp³-hybridized carbons (Fsp3) is 0.465. The molecule has 32 nitrogen and oxygen atoms in total. The van der Waals surface area contributed by atoms with Gasteiger partial charge >= 0.3 is 23.9 Å². The number of carboxylic acids is 1. The molecule has 8 bridgehead atoms. The molecule has 16 rings (SSSR count). The average Bonchev–Trinajstić information content (AvgIpc) is 1.58. The van der Waals surface area contributed by atoms with Gasteiger partial charge in [0, 0.05) is 24.8 Å². The van der Waals surface area contributed by atoms with E-state index in [-0.39, 0.29) is 194 Å². The highest BCUT2D eigenvalue weighted by molar-refractivity contribution is 6.08. The number of fused-ring (bicyclic) bond motifs is 20. The number of hydrogen-bond donors (Lipinski definition) is 5. The van der Waals surface area contributed by atoms with Crippen LogP contribution in [0.3, 0.4) is 0 Å². The summed E-state index contributed by atoms with van der Waals surface area (Å²) in [6, 6.07) is 15.0. The number of pyridine rings is 4. The summed E-state index contributed by atoms with van der Waals surface area (Å²) in [6.07, 6.45) is 19.4. The van der Waals surface area contributed by atoms with Crippen LogP contribution in [-0.4, -0.2) is 249 Å². The number of amides is 6. The van der Waals surface area contributed by atoms with Crippen LogP contribution in [0.4, 0.5) is 0 Å². The van der Waals surface area contributed by atoms with E-state index in [1.54, 1.807) is 36.9 Å². The third kappa shape index (κ3) is 16.8. The number of aliphatic hydroxyl groups is 3. The minimum Gasteiger partial charge on any atom is -0.480 e. The molecule has 0 aromatic carbocycles. The van der Waals surface area contributed by atoms with Crippen LogP contribution < -0.4 is 5.73 Å². The lowest BCUT2D eigenvalue weighted by molar-refractivity contribution is -0.157. The lowest BCUT2D eigenvalue weighted by Gasteiger charge is -2.17. The number of hydrogen-bond acceptors (Lipinski definition) is 28. The van der Waals surface area contributed by atoms with E-state index in [4.69, 9.17) is 64.1 Å². The molecule has 6 N–H and O–H groups in total. The maximum absolute atomic E-state index is 12.6. The lowest BCUT2D eigenvalue weighted by atomic mass is 9.85. The van der Waals surface area contributed by atoms with Crippen LogP contribution in [-0.2, 0) is 109 Å². The number of carboxylic acid groups (broad SMARTS) is 1. The maximum Gasteiger partial charge on any atom is 0.332 e. The molecule has 16 unspecified atom stereocenters. The van der Waals surface area contributed by atoms with Crippen molar-refractivity contribution in [3.63, 3.8) is 0 Å². The van der Waals surface area contributed by atoms with E-state index < -0.39 is 54.2 Å². The number of nitrogens with zero attached hydrogens (tertiary/aromatic N) is 7. The summed E-state index contributed by atoms with van der Waals surface area (Å²) in [5.74, 6) is -6.85. The molecule has 8 saturated heterocycles. The Bertz CT molecular complexity index is 3840. The molecule has 12 aliphatic heterocycles. The maximum atomic E-state index is 12.6. The monoisotopic (exact) mass is 1430 g/mol. The molecular formula is C71H78N8O24. The highest BCUT2D eigenvalue weighted by atomic mass is 16.6. The van der Waals surface area contributed by atoms with Crippen molar-refractivity contribution in [3.8, 4) is 22.8 Å². The molecule has 12 aliphatic rings. The van der Waals surface area contributed by atoms with Crippen LogP contribution in [0.5, 0.6) is 0 Å². The van der Waals surface area contributed by atoms with Gasteiger partial charge in [-0.15, -0.1) is 0 Å². The summed E-state index contributed by atoms with van der Waals surface area (Å²) in [6.45, 7) is 4.97. The van der Waals surface area contributed by atoms with Crippen molar-refractivity contribution in [3.05, 3.63) is 144 Å². The van der Waals surface area contributed by atoms with E-state index in [0.717, 1.165) is 44.2 Å². The molecule has 0 spiro atoms. The number of imide groups is 3. The van der Waals surface area contributed by atoms with E-state index >= 15 is 0 Å². The standard InChI is InChI=1S/C24H23N3O6.C12H12N2O.C12H13NO6.C12H15NO5.C8H6O4.C3H9NO2/c1-14-4-6-25-16(10-14)17-11-15(5-7-26-17)12-32-20(28)13-31-9-8-27-23(29)21-18-2-3-19(33-18)22(21)24(27)30;1-9-2-4-13-11(6-9)12-7-10(8-15)3-5-14-12;14-8(15)5-18-4-3-13-11(16)9-6-1-2-7(19-6)10(9)12(13)17;14-4-6-17-5-3-13-11(15)9-7-1-2-8(18-7)10(9)12(13)16;9-7-5-3-1-2-4(11-3)6(5)8(10)12-7;4-3-6-2-1-5/h2-7,10-11,18-19,21-22H,8-9,12-13H2,1H3;2-7,15H,8H2,1H3;1-2,6-7,9-10H,3-5H2,(H,14,15);1-2,7-10,14H,3-6H2;1-6H;5H,1-4H2. The number of aryl methyl sites for hydroxylation is 2. The Morgan fingerprint density at radius 2 is 0.767 bits per heavy atom. The zero-order chi connectivity index (χ0) is 73.0. The number of cyclic esters (lactones) is 2. The van der Waals surface area contributed by atoms with Crippen molar-refractivity contribution in [2.24, 2.45) is 53.1 Å². The second-order valence-electron chi connectivity index (χ2n) is 25.2. The number of carbonyl (C=O) groups excluding carboxylic acids is 9. The number of likely N-dealkylation sites (tertiary alicyclic amines) is 3. The molecule has 8 fully saturated rings. The Hall–Kier alpha value is -9.42. The number of carbonyl (C=O) groups is 10. The largest absolute Gasteiger partial charge is 0.480 e. The zero-order valence-corrected chi connectivity index (χ0v) is 56.1. The van der Waals surface area contributed by atoms with Gasteiger partial charge in [-0.1, -0.05) is 48.6 Å². The van der Waals surface area contributed by atoms with Gasteiger partial charge in [0.05, 0.1) is 186 Å². The van der Waals surface area contributed by atoms with Crippen LogP contribution >= 0.6 is 0 Å². The highest BCUT2D eigenvalue weighted by Gasteiger charge is 2.63. The van der Waals surface area contributed by atoms with Gasteiger partial charge in [0.25, 0.3) is 0 Å². The van der Waals surface area contributed by atoms with Gasteiger partial charge in [-0.25, -0.2) is 9.59 Å². The number of esters is 3. The fourth-order valence-corrected chi connectivity index (χ4v) is 13.9. The van der Waals surface area contributed by atoms with Gasteiger partial charge in [0.1, 0.15) is 31.7 Å². The molecule has 0 saturated carbocycles. The number of aliphatic hydroxyl groups excluding tert-OH is 3. The van der Waals surface area contributed by atoms with Gasteiger partial charge < -0.3 is 73.5 Å². The number of nitrogens with two attached hydrogens (primary N) is 1. The molecule has 546 valence electrons. The van der Waals surface area contributed by atoms with Crippen molar-refractivity contribution in [1.29, 1.82) is 0 Å². The summed E-state index contributed by atoms with van der Waals surface area (Å²) in [7, 11) is 0. The normalized spacial score (nSPS) is 28.6. The van der Waals surface area contributed by atoms with Gasteiger partial charge in [0.15, 0.2) is 0 Å². The van der Waals surface area contributed by atoms with E-state index in [2.05, 4.69) is 29.4 Å². The Morgan fingerprint density at radius 3 is 1.12 bits per heavy atom. The first-order valence-electron chi connectivity index (χ1n) is 33.5. The van der Waals surface area contributed by atoms with Crippen LogP contribution in [0.1, 0.15) is 22.3 Å². The molecule has 4 aromatic rings. The quantitative estimate of drug-likeness (QED) is 0.0162. The van der Waals surface area contributed by atoms with Crippen LogP contribution in [0.25, 0.3) is 22.8 Å². The molecule has 4 aromatic heterocycles. The van der Waals surface area contributed by atoms with Crippen LogP contribution in [0.15, 0.2) is 122 Å².